The molecule has 52 valence electrons. The van der Waals surface area contributed by atoms with E-state index in [9.17, 15) is 0 Å². The quantitative estimate of drug-likeness (QED) is 0.579. The van der Waals surface area contributed by atoms with Crippen LogP contribution in [-0.4, -0.2) is 29.0 Å². The van der Waals surface area contributed by atoms with Crippen LogP contribution in [0.4, 0.5) is 0 Å². The van der Waals surface area contributed by atoms with Crippen molar-refractivity contribution in [1.29, 1.82) is 0 Å². The first-order valence-corrected chi connectivity index (χ1v) is 4.00. The molecule has 0 spiro atoms. The second-order valence-electron chi connectivity index (χ2n) is 1.92. The maximum Gasteiger partial charge on any atom is 0.0988 e. The van der Waals surface area contributed by atoms with Gasteiger partial charge in [-0.1, -0.05) is 6.08 Å². The van der Waals surface area contributed by atoms with Crippen LogP contribution >= 0.6 is 11.8 Å². The summed E-state index contributed by atoms with van der Waals surface area (Å²) in [6.07, 6.45) is 1.00. The Morgan fingerprint density at radius 3 is 3.11 bits per heavy atom. The smallest absolute Gasteiger partial charge is 0.0988 e. The molecule has 1 aliphatic rings. The van der Waals surface area contributed by atoms with Crippen molar-refractivity contribution in [1.82, 2.24) is 0 Å². The monoisotopic (exact) mass is 146 g/mol. The van der Waals surface area contributed by atoms with Gasteiger partial charge in [0.1, 0.15) is 0 Å². The molecule has 2 atom stereocenters. The van der Waals surface area contributed by atoms with E-state index in [-0.39, 0.29) is 6.10 Å². The predicted molar refractivity (Wildman–Crippen MR) is 38.4 cm³/mol. The van der Waals surface area contributed by atoms with Crippen molar-refractivity contribution in [3.8, 4) is 0 Å². The molecule has 0 amide bonds. The van der Waals surface area contributed by atoms with Gasteiger partial charge in [0.25, 0.3) is 0 Å². The highest BCUT2D eigenvalue weighted by molar-refractivity contribution is 7.99. The molecule has 1 rings (SSSR count). The normalized spacial score (nSPS) is 30.1. The predicted octanol–water partition coefficient (Wildman–Crippen LogP) is 0.623. The van der Waals surface area contributed by atoms with Gasteiger partial charge in [0.15, 0.2) is 0 Å². The Labute approximate surface area is 58.9 Å². The number of thioether (sulfide) groups is 1. The second-order valence-corrected chi connectivity index (χ2v) is 2.90. The fourth-order valence-electron chi connectivity index (χ4n) is 0.697. The van der Waals surface area contributed by atoms with Gasteiger partial charge in [-0.15, -0.1) is 18.3 Å². The number of hydrogen-bond donors (Lipinski definition) is 1. The van der Waals surface area contributed by atoms with E-state index in [0.29, 0.717) is 5.94 Å². The molecule has 3 heteroatoms. The van der Waals surface area contributed by atoms with Gasteiger partial charge in [0, 0.05) is 5.75 Å². The van der Waals surface area contributed by atoms with Crippen LogP contribution in [0, 0.1) is 0 Å². The van der Waals surface area contributed by atoms with E-state index in [1.165, 1.54) is 6.08 Å². The van der Waals surface area contributed by atoms with Crippen molar-refractivity contribution in [3.63, 3.8) is 0 Å². The molecular weight excluding hydrogens is 136 g/mol. The molecule has 0 bridgehead atoms. The van der Waals surface area contributed by atoms with Gasteiger partial charge in [-0.25, -0.2) is 0 Å². The summed E-state index contributed by atoms with van der Waals surface area (Å²) in [6, 6.07) is 0. The van der Waals surface area contributed by atoms with Gasteiger partial charge in [-0.05, 0) is 0 Å². The number of ether oxygens (including phenoxy) is 1. The molecule has 0 radical (unpaired) electrons. The van der Waals surface area contributed by atoms with Gasteiger partial charge in [-0.3, -0.25) is 0 Å². The van der Waals surface area contributed by atoms with Crippen LogP contribution in [0.5, 0.6) is 0 Å². The minimum Gasteiger partial charge on any atom is -0.386 e. The highest BCUT2D eigenvalue weighted by atomic mass is 32.2. The van der Waals surface area contributed by atoms with Crippen LogP contribution < -0.4 is 0 Å². The zero-order valence-electron chi connectivity index (χ0n) is 5.12. The van der Waals surface area contributed by atoms with E-state index in [0.717, 1.165) is 5.75 Å². The maximum absolute atomic E-state index is 9.10. The molecule has 1 heterocycles. The Morgan fingerprint density at radius 1 is 1.89 bits per heavy atom. The summed E-state index contributed by atoms with van der Waals surface area (Å²) < 4.78 is 5.15. The fourth-order valence-corrected chi connectivity index (χ4v) is 1.59. The van der Waals surface area contributed by atoms with Crippen LogP contribution in [0.3, 0.4) is 0 Å². The molecule has 1 N–H and O–H groups in total. The molecule has 1 aliphatic heterocycles. The van der Waals surface area contributed by atoms with Crippen molar-refractivity contribution >= 4 is 11.8 Å². The summed E-state index contributed by atoms with van der Waals surface area (Å²) in [5, 5.41) is 9.10. The Hall–Kier alpha value is 0.01000. The van der Waals surface area contributed by atoms with Crippen LogP contribution in [0.2, 0.25) is 0 Å². The van der Waals surface area contributed by atoms with Crippen molar-refractivity contribution in [3.05, 3.63) is 12.7 Å². The first-order valence-electron chi connectivity index (χ1n) is 2.84. The molecule has 1 fully saturated rings. The van der Waals surface area contributed by atoms with Gasteiger partial charge < -0.3 is 9.84 Å². The average Bonchev–Trinajstić information content (AvgIpc) is 2.37. The first-order chi connectivity index (χ1) is 4.34. The Morgan fingerprint density at radius 2 is 2.67 bits per heavy atom. The zero-order valence-corrected chi connectivity index (χ0v) is 5.93. The minimum atomic E-state index is -0.486. The van der Waals surface area contributed by atoms with Crippen LogP contribution in [0.15, 0.2) is 12.7 Å². The molecule has 0 aromatic rings. The van der Waals surface area contributed by atoms with E-state index >= 15 is 0 Å². The van der Waals surface area contributed by atoms with Crippen molar-refractivity contribution in [2.75, 3.05) is 11.7 Å². The molecule has 0 aliphatic carbocycles. The van der Waals surface area contributed by atoms with Crippen molar-refractivity contribution in [2.45, 2.75) is 12.2 Å². The average molecular weight is 146 g/mol. The molecule has 0 saturated carbocycles. The molecule has 2 unspecified atom stereocenters. The zero-order chi connectivity index (χ0) is 6.69. The van der Waals surface area contributed by atoms with Gasteiger partial charge in [0.05, 0.1) is 18.1 Å². The summed E-state index contributed by atoms with van der Waals surface area (Å²) in [7, 11) is 0. The molecular formula is C6H10O2S. The first kappa shape index (κ1) is 7.12. The highest BCUT2D eigenvalue weighted by Crippen LogP contribution is 2.18. The standard InChI is InChI=1S/C6H10O2S/c1-2-5(7)6-3-9-4-8-6/h2,5-7H,1,3-4H2. The van der Waals surface area contributed by atoms with Crippen molar-refractivity contribution in [2.24, 2.45) is 0 Å². The van der Waals surface area contributed by atoms with E-state index in [4.69, 9.17) is 9.84 Å². The van der Waals surface area contributed by atoms with E-state index < -0.39 is 6.10 Å². The third kappa shape index (κ3) is 1.71. The highest BCUT2D eigenvalue weighted by Gasteiger charge is 2.21. The largest absolute Gasteiger partial charge is 0.386 e. The van der Waals surface area contributed by atoms with E-state index in [1.807, 2.05) is 0 Å². The van der Waals surface area contributed by atoms with E-state index in [1.54, 1.807) is 11.8 Å². The maximum atomic E-state index is 9.10. The number of hydrogen-bond acceptors (Lipinski definition) is 3. The summed E-state index contributed by atoms with van der Waals surface area (Å²) in [5.41, 5.74) is 0. The van der Waals surface area contributed by atoms with Crippen LogP contribution in [-0.2, 0) is 4.74 Å². The lowest BCUT2D eigenvalue weighted by Crippen LogP contribution is -2.24. The summed E-state index contributed by atoms with van der Waals surface area (Å²) in [4.78, 5) is 0. The molecule has 0 aromatic heterocycles. The lowest BCUT2D eigenvalue weighted by Gasteiger charge is -2.10. The minimum absolute atomic E-state index is 0.0208. The lowest BCUT2D eigenvalue weighted by atomic mass is 10.2. The third-order valence-corrected chi connectivity index (χ3v) is 2.14. The van der Waals surface area contributed by atoms with Gasteiger partial charge in [-0.2, -0.15) is 0 Å². The fraction of sp³-hybridized carbons (Fsp3) is 0.667. The SMILES string of the molecule is C=CC(O)C1CSCO1. The Bertz CT molecular complexity index is 99.2. The molecule has 1 saturated heterocycles. The number of rotatable bonds is 2. The van der Waals surface area contributed by atoms with E-state index in [2.05, 4.69) is 6.58 Å². The Kier molecular flexibility index (Phi) is 2.57. The molecule has 9 heavy (non-hydrogen) atoms. The van der Waals surface area contributed by atoms with Crippen molar-refractivity contribution < 1.29 is 9.84 Å². The summed E-state index contributed by atoms with van der Waals surface area (Å²) in [5.74, 6) is 1.59. The summed E-state index contributed by atoms with van der Waals surface area (Å²) in [6.45, 7) is 3.47. The second kappa shape index (κ2) is 3.25. The lowest BCUT2D eigenvalue weighted by molar-refractivity contribution is 0.0306. The third-order valence-electron chi connectivity index (χ3n) is 1.27. The van der Waals surface area contributed by atoms with Gasteiger partial charge in [0.2, 0.25) is 0 Å². The topological polar surface area (TPSA) is 29.5 Å². The molecule has 2 nitrogen and oxygen atoms in total. The Balaban J connectivity index is 2.32. The number of aliphatic hydroxyl groups excluding tert-OH is 1. The van der Waals surface area contributed by atoms with Crippen LogP contribution in [0.1, 0.15) is 0 Å². The molecule has 0 aromatic carbocycles. The van der Waals surface area contributed by atoms with Gasteiger partial charge >= 0.3 is 0 Å². The summed E-state index contributed by atoms with van der Waals surface area (Å²) >= 11 is 1.70. The van der Waals surface area contributed by atoms with Crippen LogP contribution in [0.25, 0.3) is 0 Å². The number of aliphatic hydroxyl groups is 1.